The maximum Gasteiger partial charge on any atom is 0.318 e. The second-order valence-corrected chi connectivity index (χ2v) is 6.18. The molecule has 1 aliphatic heterocycles. The molecule has 0 saturated carbocycles. The van der Waals surface area contributed by atoms with Gasteiger partial charge in [0.1, 0.15) is 12.0 Å². The molecule has 0 radical (unpaired) electrons. The van der Waals surface area contributed by atoms with E-state index in [4.69, 9.17) is 16.2 Å². The fourth-order valence-electron chi connectivity index (χ4n) is 3.75. The van der Waals surface area contributed by atoms with Crippen LogP contribution in [0.5, 0.6) is 0 Å². The van der Waals surface area contributed by atoms with Crippen molar-refractivity contribution in [1.82, 2.24) is 0 Å². The third kappa shape index (κ3) is 3.13. The number of piperidine rings is 1. The second-order valence-electron chi connectivity index (χ2n) is 6.18. The van der Waals surface area contributed by atoms with Crippen LogP contribution < -0.4 is 11.5 Å². The van der Waals surface area contributed by atoms with Crippen LogP contribution in [0.2, 0.25) is 0 Å². The van der Waals surface area contributed by atoms with E-state index in [1.54, 1.807) is 13.8 Å². The van der Waals surface area contributed by atoms with Crippen molar-refractivity contribution >= 4 is 23.7 Å². The van der Waals surface area contributed by atoms with Crippen molar-refractivity contribution in [1.29, 1.82) is 0 Å². The fourth-order valence-corrected chi connectivity index (χ4v) is 3.75. The van der Waals surface area contributed by atoms with Gasteiger partial charge in [0.2, 0.25) is 5.91 Å². The van der Waals surface area contributed by atoms with Crippen LogP contribution in [0.15, 0.2) is 0 Å². The molecule has 136 valence electrons. The van der Waals surface area contributed by atoms with Gasteiger partial charge >= 0.3 is 11.9 Å². The van der Waals surface area contributed by atoms with E-state index >= 15 is 0 Å². The monoisotopic (exact) mass is 343 g/mol. The number of hydrogen-bond donors (Lipinski definition) is 2. The number of hydrogen-bond acceptors (Lipinski definition) is 6. The van der Waals surface area contributed by atoms with Crippen LogP contribution in [-0.4, -0.2) is 48.0 Å². The zero-order valence-corrected chi connectivity index (χ0v) is 14.2. The molecule has 0 aromatic carbocycles. The molecular formula is C15H25N3O6. The van der Waals surface area contributed by atoms with E-state index in [0.29, 0.717) is 0 Å². The number of carbonyl (C=O) groups is 4. The number of amides is 3. The number of rotatable bonds is 7. The summed E-state index contributed by atoms with van der Waals surface area (Å²) in [5.74, 6) is -4.17. The fraction of sp³-hybridized carbons (Fsp3) is 0.733. The molecule has 4 N–H and O–H groups in total. The average molecular weight is 343 g/mol. The highest BCUT2D eigenvalue weighted by atomic mass is 16.6. The predicted molar refractivity (Wildman–Crippen MR) is 83.4 cm³/mol. The van der Waals surface area contributed by atoms with Crippen LogP contribution in [0.25, 0.3) is 0 Å². The van der Waals surface area contributed by atoms with Gasteiger partial charge < -0.3 is 21.4 Å². The predicted octanol–water partition coefficient (Wildman–Crippen LogP) is -0.444. The Labute approximate surface area is 140 Å². The van der Waals surface area contributed by atoms with Gasteiger partial charge in [-0.3, -0.25) is 19.0 Å². The van der Waals surface area contributed by atoms with Crippen LogP contribution in [-0.2, 0) is 23.9 Å². The zero-order chi connectivity index (χ0) is 18.7. The lowest BCUT2D eigenvalue weighted by atomic mass is 9.67. The molecule has 4 unspecified atom stereocenters. The summed E-state index contributed by atoms with van der Waals surface area (Å²) in [7, 11) is 1.14. The molecule has 24 heavy (non-hydrogen) atoms. The van der Waals surface area contributed by atoms with Gasteiger partial charge in [0.15, 0.2) is 6.04 Å². The lowest BCUT2D eigenvalue weighted by Gasteiger charge is -2.53. The van der Waals surface area contributed by atoms with Crippen LogP contribution in [0.1, 0.15) is 39.5 Å². The first kappa shape index (κ1) is 20.0. The molecule has 0 bridgehead atoms. The van der Waals surface area contributed by atoms with E-state index < -0.39 is 52.3 Å². The van der Waals surface area contributed by atoms with Crippen molar-refractivity contribution in [2.75, 3.05) is 13.7 Å². The van der Waals surface area contributed by atoms with Crippen molar-refractivity contribution in [3.05, 3.63) is 5.21 Å². The standard InChI is InChI=1S/C15H25N3O6/c1-4-9(12(16)20)15(14(22)24-3)7-6-11(19)18(23,8-15)10(5-2)13(17)21/h9-10H,4-8H2,1-3H3,(H2,16,20)(H2,17,21). The maximum absolute atomic E-state index is 13.2. The molecule has 4 atom stereocenters. The smallest absolute Gasteiger partial charge is 0.318 e. The Hall–Kier alpha value is -2.00. The molecule has 1 fully saturated rings. The quantitative estimate of drug-likeness (QED) is 0.363. The van der Waals surface area contributed by atoms with Crippen molar-refractivity contribution in [3.8, 4) is 0 Å². The molecule has 1 aliphatic rings. The largest absolute Gasteiger partial charge is 0.625 e. The van der Waals surface area contributed by atoms with Gasteiger partial charge in [-0.15, -0.1) is 0 Å². The Morgan fingerprint density at radius 1 is 1.25 bits per heavy atom. The summed E-state index contributed by atoms with van der Waals surface area (Å²) in [5, 5.41) is 13.2. The van der Waals surface area contributed by atoms with Crippen LogP contribution in [0, 0.1) is 16.5 Å². The number of carbonyl (C=O) groups excluding carboxylic acids is 4. The van der Waals surface area contributed by atoms with Gasteiger partial charge in [-0.25, -0.2) is 4.79 Å². The van der Waals surface area contributed by atoms with Crippen LogP contribution >= 0.6 is 0 Å². The first-order valence-electron chi connectivity index (χ1n) is 7.89. The first-order chi connectivity index (χ1) is 11.1. The van der Waals surface area contributed by atoms with E-state index in [1.807, 2.05) is 0 Å². The number of methoxy groups -OCH3 is 1. The molecule has 3 amide bonds. The van der Waals surface area contributed by atoms with E-state index in [-0.39, 0.29) is 25.7 Å². The van der Waals surface area contributed by atoms with Gasteiger partial charge in [-0.05, 0) is 12.8 Å². The van der Waals surface area contributed by atoms with Crippen molar-refractivity contribution in [2.24, 2.45) is 22.8 Å². The zero-order valence-electron chi connectivity index (χ0n) is 14.2. The molecule has 1 saturated heterocycles. The molecule has 0 aromatic rings. The number of nitrogens with zero attached hydrogens (tertiary/aromatic N) is 1. The molecule has 9 heteroatoms. The highest BCUT2D eigenvalue weighted by molar-refractivity contribution is 5.89. The Morgan fingerprint density at radius 3 is 2.21 bits per heavy atom. The van der Waals surface area contributed by atoms with Gasteiger partial charge in [-0.1, -0.05) is 13.8 Å². The summed E-state index contributed by atoms with van der Waals surface area (Å²) in [4.78, 5) is 48.2. The topological polar surface area (TPSA) is 153 Å². The summed E-state index contributed by atoms with van der Waals surface area (Å²) >= 11 is 0. The lowest BCUT2D eigenvalue weighted by molar-refractivity contribution is -0.832. The lowest BCUT2D eigenvalue weighted by Crippen LogP contribution is -2.68. The number of primary amides is 2. The van der Waals surface area contributed by atoms with E-state index in [0.717, 1.165) is 7.11 Å². The van der Waals surface area contributed by atoms with E-state index in [1.165, 1.54) is 0 Å². The number of hydroxylamine groups is 3. The van der Waals surface area contributed by atoms with Crippen molar-refractivity contribution in [2.45, 2.75) is 45.6 Å². The number of ether oxygens (including phenoxy) is 1. The third-order valence-electron chi connectivity index (χ3n) is 4.95. The van der Waals surface area contributed by atoms with E-state index in [9.17, 15) is 24.4 Å². The number of likely N-dealkylation sites (tertiary alicyclic amines) is 1. The second kappa shape index (κ2) is 7.27. The molecule has 1 rings (SSSR count). The highest BCUT2D eigenvalue weighted by Gasteiger charge is 2.59. The summed E-state index contributed by atoms with van der Waals surface area (Å²) in [5.41, 5.74) is 9.14. The normalized spacial score (nSPS) is 29.6. The molecule has 0 aromatic heterocycles. The molecule has 0 spiro atoms. The minimum absolute atomic E-state index is 0.0304. The SMILES string of the molecule is CCC(C(N)=O)C1(C(=O)OC)CCC(=O)[N+]([O-])(C(CC)C(N)=O)C1. The van der Waals surface area contributed by atoms with Gasteiger partial charge in [0.25, 0.3) is 5.91 Å². The Balaban J connectivity index is 3.48. The molecule has 1 heterocycles. The van der Waals surface area contributed by atoms with Gasteiger partial charge in [0, 0.05) is 6.42 Å². The maximum atomic E-state index is 13.2. The average Bonchev–Trinajstić information content (AvgIpc) is 2.50. The van der Waals surface area contributed by atoms with Gasteiger partial charge in [-0.2, -0.15) is 0 Å². The van der Waals surface area contributed by atoms with Crippen molar-refractivity contribution in [3.63, 3.8) is 0 Å². The Bertz CT molecular complexity index is 551. The first-order valence-corrected chi connectivity index (χ1v) is 7.89. The molecular weight excluding hydrogens is 318 g/mol. The van der Waals surface area contributed by atoms with Crippen LogP contribution in [0.3, 0.4) is 0 Å². The minimum Gasteiger partial charge on any atom is -0.625 e. The van der Waals surface area contributed by atoms with Crippen LogP contribution in [0.4, 0.5) is 0 Å². The Kier molecular flexibility index (Phi) is 6.07. The van der Waals surface area contributed by atoms with Gasteiger partial charge in [0.05, 0.1) is 19.4 Å². The molecule has 9 nitrogen and oxygen atoms in total. The number of esters is 1. The summed E-state index contributed by atoms with van der Waals surface area (Å²) in [6.07, 6.45) is -0.0509. The highest BCUT2D eigenvalue weighted by Crippen LogP contribution is 2.44. The number of quaternary nitrogens is 1. The number of nitrogens with two attached hydrogens (primary N) is 2. The summed E-state index contributed by atoms with van der Waals surface area (Å²) in [6, 6.07) is -1.33. The summed E-state index contributed by atoms with van der Waals surface area (Å²) < 4.78 is 3.24. The third-order valence-corrected chi connectivity index (χ3v) is 4.95. The molecule has 0 aliphatic carbocycles. The summed E-state index contributed by atoms with van der Waals surface area (Å²) in [6.45, 7) is 2.63. The Morgan fingerprint density at radius 2 is 1.83 bits per heavy atom. The minimum atomic E-state index is -1.56. The van der Waals surface area contributed by atoms with E-state index in [2.05, 4.69) is 0 Å². The van der Waals surface area contributed by atoms with Crippen molar-refractivity contribution < 1.29 is 28.6 Å².